The smallest absolute Gasteiger partial charge is 0.123 e. The molecule has 8 nitrogen and oxygen atoms in total. The lowest BCUT2D eigenvalue weighted by Crippen LogP contribution is -2.12. The third kappa shape index (κ3) is 9.35. The number of nitrogen functional groups attached to an aromatic ring is 2. The summed E-state index contributed by atoms with van der Waals surface area (Å²) in [4.78, 5) is 1.75. The van der Waals surface area contributed by atoms with Crippen LogP contribution < -0.4 is 26.3 Å². The van der Waals surface area contributed by atoms with Gasteiger partial charge in [0.1, 0.15) is 22.5 Å². The van der Waals surface area contributed by atoms with E-state index in [-0.39, 0.29) is 0 Å². The van der Waals surface area contributed by atoms with Gasteiger partial charge >= 0.3 is 0 Å². The summed E-state index contributed by atoms with van der Waals surface area (Å²) < 4.78 is 11.7. The second-order valence-electron chi connectivity index (χ2n) is 12.8. The zero-order valence-corrected chi connectivity index (χ0v) is 27.6. The van der Waals surface area contributed by atoms with Gasteiger partial charge in [-0.1, -0.05) is 79.7 Å². The molecule has 3 aromatic carbocycles. The number of anilines is 2. The van der Waals surface area contributed by atoms with Gasteiger partial charge in [-0.2, -0.15) is 15.0 Å². The number of rotatable bonds is 12. The lowest BCUT2D eigenvalue weighted by Gasteiger charge is -2.16. The summed E-state index contributed by atoms with van der Waals surface area (Å²) in [5.41, 5.74) is 19.3. The second-order valence-corrected chi connectivity index (χ2v) is 12.8. The van der Waals surface area contributed by atoms with E-state index < -0.39 is 0 Å². The van der Waals surface area contributed by atoms with Crippen LogP contribution in [0.2, 0.25) is 0 Å². The van der Waals surface area contributed by atoms with E-state index in [1.54, 1.807) is 4.80 Å². The van der Waals surface area contributed by atoms with Crippen molar-refractivity contribution < 1.29 is 9.47 Å². The van der Waals surface area contributed by atoms with Crippen molar-refractivity contribution >= 4 is 22.4 Å². The molecule has 8 heteroatoms. The molecule has 0 spiro atoms. The average Bonchev–Trinajstić information content (AvgIpc) is 3.34. The largest absolute Gasteiger partial charge is 0.493 e. The van der Waals surface area contributed by atoms with Crippen molar-refractivity contribution in [2.24, 2.45) is 23.7 Å². The molecule has 1 aromatic heterocycles. The molecule has 0 saturated carbocycles. The number of benzene rings is 3. The van der Waals surface area contributed by atoms with Gasteiger partial charge in [-0.15, -0.1) is 0 Å². The van der Waals surface area contributed by atoms with E-state index in [1.807, 2.05) is 55.6 Å². The standard InChI is InChI=1S/C30H39N5O2.C5H13N/c1-18(2)15-35-33-29-25(21-7-11-23(12-8-21)36-16-19(3)4)27(31)28(32)26(30(29)34-35)22-9-13-24(14-10-22)37-17-20(5)6;1-5(2)4-6-3/h7-14,18-20H,15-17,31-32H2,1-6H3;5-6H,4H2,1-3H3. The Bertz CT molecular complexity index is 1330. The Labute approximate surface area is 258 Å². The fourth-order valence-corrected chi connectivity index (χ4v) is 4.57. The number of nitrogens with two attached hydrogens (primary N) is 2. The van der Waals surface area contributed by atoms with E-state index in [2.05, 4.69) is 60.7 Å². The number of hydrogen-bond donors (Lipinski definition) is 3. The Kier molecular flexibility index (Phi) is 12.2. The van der Waals surface area contributed by atoms with E-state index in [4.69, 9.17) is 31.1 Å². The van der Waals surface area contributed by atoms with Gasteiger partial charge in [0.15, 0.2) is 0 Å². The van der Waals surface area contributed by atoms with Gasteiger partial charge in [0.2, 0.25) is 0 Å². The Morgan fingerprint density at radius 1 is 0.628 bits per heavy atom. The van der Waals surface area contributed by atoms with Gasteiger partial charge in [-0.3, -0.25) is 0 Å². The van der Waals surface area contributed by atoms with E-state index in [0.717, 1.165) is 57.2 Å². The molecule has 1 heterocycles. The summed E-state index contributed by atoms with van der Waals surface area (Å²) in [6, 6.07) is 15.8. The van der Waals surface area contributed by atoms with Gasteiger partial charge in [-0.05, 0) is 72.7 Å². The molecule has 4 aromatic rings. The number of ether oxygens (including phenoxy) is 2. The maximum Gasteiger partial charge on any atom is 0.123 e. The SMILES string of the molecule is CC(C)COc1ccc(-c2c(N)c(N)c(-c3ccc(OCC(C)C)cc3)c3nn(CC(C)C)nc23)cc1.CNCC(C)C. The third-order valence-corrected chi connectivity index (χ3v) is 6.55. The highest BCUT2D eigenvalue weighted by Gasteiger charge is 2.23. The van der Waals surface area contributed by atoms with Gasteiger partial charge in [-0.25, -0.2) is 0 Å². The molecule has 0 atom stereocenters. The maximum atomic E-state index is 6.72. The van der Waals surface area contributed by atoms with Crippen LogP contribution in [0.15, 0.2) is 48.5 Å². The molecule has 0 saturated heterocycles. The van der Waals surface area contributed by atoms with Crippen LogP contribution in [0.3, 0.4) is 0 Å². The van der Waals surface area contributed by atoms with E-state index in [9.17, 15) is 0 Å². The van der Waals surface area contributed by atoms with Crippen LogP contribution in [-0.2, 0) is 6.54 Å². The monoisotopic (exact) mass is 588 g/mol. The lowest BCUT2D eigenvalue weighted by atomic mass is 9.94. The summed E-state index contributed by atoms with van der Waals surface area (Å²) >= 11 is 0. The predicted molar refractivity (Wildman–Crippen MR) is 181 cm³/mol. The summed E-state index contributed by atoms with van der Waals surface area (Å²) in [7, 11) is 1.97. The Morgan fingerprint density at radius 2 is 1.02 bits per heavy atom. The van der Waals surface area contributed by atoms with E-state index in [0.29, 0.717) is 48.9 Å². The minimum absolute atomic E-state index is 0.387. The molecule has 0 aliphatic heterocycles. The first-order chi connectivity index (χ1) is 20.4. The van der Waals surface area contributed by atoms with Crippen molar-refractivity contribution in [1.82, 2.24) is 20.3 Å². The average molecular weight is 589 g/mol. The van der Waals surface area contributed by atoms with Gasteiger partial charge in [0.25, 0.3) is 0 Å². The predicted octanol–water partition coefficient (Wildman–Crippen LogP) is 7.52. The first-order valence-corrected chi connectivity index (χ1v) is 15.5. The zero-order chi connectivity index (χ0) is 31.7. The van der Waals surface area contributed by atoms with Gasteiger partial charge < -0.3 is 26.3 Å². The van der Waals surface area contributed by atoms with Crippen LogP contribution in [0.25, 0.3) is 33.3 Å². The Hall–Kier alpha value is -3.78. The molecule has 4 rings (SSSR count). The number of nitrogens with zero attached hydrogens (tertiary/aromatic N) is 3. The summed E-state index contributed by atoms with van der Waals surface area (Å²) in [5, 5.41) is 12.8. The van der Waals surface area contributed by atoms with Crippen molar-refractivity contribution in [2.75, 3.05) is 38.3 Å². The minimum Gasteiger partial charge on any atom is -0.493 e. The topological polar surface area (TPSA) is 113 Å². The fraction of sp³-hybridized carbons (Fsp3) is 0.486. The molecular weight excluding hydrogens is 536 g/mol. The van der Waals surface area contributed by atoms with Crippen LogP contribution in [0, 0.1) is 23.7 Å². The van der Waals surface area contributed by atoms with Gasteiger partial charge in [0, 0.05) is 11.1 Å². The molecule has 0 bridgehead atoms. The van der Waals surface area contributed by atoms with Crippen molar-refractivity contribution in [3.8, 4) is 33.8 Å². The fourth-order valence-electron chi connectivity index (χ4n) is 4.57. The van der Waals surface area contributed by atoms with Crippen LogP contribution >= 0.6 is 0 Å². The molecule has 43 heavy (non-hydrogen) atoms. The minimum atomic E-state index is 0.387. The maximum absolute atomic E-state index is 6.72. The number of nitrogens with one attached hydrogen (secondary N) is 1. The van der Waals surface area contributed by atoms with Crippen LogP contribution in [0.5, 0.6) is 11.5 Å². The van der Waals surface area contributed by atoms with Gasteiger partial charge in [0.05, 0.1) is 31.1 Å². The van der Waals surface area contributed by atoms with Crippen LogP contribution in [0.4, 0.5) is 11.4 Å². The number of hydrogen-bond acceptors (Lipinski definition) is 7. The molecule has 234 valence electrons. The summed E-state index contributed by atoms with van der Waals surface area (Å²) in [6.07, 6.45) is 0. The summed E-state index contributed by atoms with van der Waals surface area (Å²) in [6.45, 7) is 20.3. The number of aromatic nitrogens is 3. The first kappa shape index (κ1) is 33.7. The highest BCUT2D eigenvalue weighted by molar-refractivity contribution is 6.12. The van der Waals surface area contributed by atoms with Crippen molar-refractivity contribution in [3.05, 3.63) is 48.5 Å². The van der Waals surface area contributed by atoms with E-state index in [1.165, 1.54) is 0 Å². The molecule has 0 aliphatic carbocycles. The second kappa shape index (κ2) is 15.6. The zero-order valence-electron chi connectivity index (χ0n) is 27.6. The third-order valence-electron chi connectivity index (χ3n) is 6.55. The molecule has 5 N–H and O–H groups in total. The highest BCUT2D eigenvalue weighted by Crippen LogP contribution is 2.44. The van der Waals surface area contributed by atoms with Crippen LogP contribution in [-0.4, -0.2) is 41.8 Å². The molecule has 0 fully saturated rings. The lowest BCUT2D eigenvalue weighted by molar-refractivity contribution is 0.271. The van der Waals surface area contributed by atoms with Crippen molar-refractivity contribution in [3.63, 3.8) is 0 Å². The summed E-state index contributed by atoms with van der Waals surface area (Å²) in [5.74, 6) is 3.72. The molecule has 0 aliphatic rings. The normalized spacial score (nSPS) is 11.5. The molecule has 0 amide bonds. The van der Waals surface area contributed by atoms with Crippen molar-refractivity contribution in [1.29, 1.82) is 0 Å². The Morgan fingerprint density at radius 3 is 1.30 bits per heavy atom. The number of fused-ring (bicyclic) bond motifs is 1. The van der Waals surface area contributed by atoms with Crippen LogP contribution in [0.1, 0.15) is 55.4 Å². The molecule has 0 radical (unpaired) electrons. The van der Waals surface area contributed by atoms with Crippen molar-refractivity contribution in [2.45, 2.75) is 61.9 Å². The molecular formula is C35H52N6O2. The first-order valence-electron chi connectivity index (χ1n) is 15.5. The van der Waals surface area contributed by atoms with E-state index >= 15 is 0 Å². The Balaban J connectivity index is 0.000000765. The highest BCUT2D eigenvalue weighted by atomic mass is 16.5. The quantitative estimate of drug-likeness (QED) is 0.147. The molecule has 0 unspecified atom stereocenters.